The lowest BCUT2D eigenvalue weighted by Gasteiger charge is -2.50. The van der Waals surface area contributed by atoms with Gasteiger partial charge in [-0.2, -0.15) is 0 Å². The fourth-order valence-electron chi connectivity index (χ4n) is 3.82. The summed E-state index contributed by atoms with van der Waals surface area (Å²) < 4.78 is 5.40. The highest BCUT2D eigenvalue weighted by Gasteiger charge is 2.45. The van der Waals surface area contributed by atoms with E-state index in [0.29, 0.717) is 19.0 Å². The number of hydrogen-bond acceptors (Lipinski definition) is 4. The Kier molecular flexibility index (Phi) is 9.09. The van der Waals surface area contributed by atoms with Crippen LogP contribution >= 0.6 is 11.6 Å². The van der Waals surface area contributed by atoms with Crippen LogP contribution < -0.4 is 10.1 Å². The molecule has 2 aromatic carbocycles. The Morgan fingerprint density at radius 3 is 2.53 bits per heavy atom. The average Bonchev–Trinajstić information content (AvgIpc) is 2.79. The minimum atomic E-state index is -0.376. The first-order chi connectivity index (χ1) is 15.5. The number of nitrogens with zero attached hydrogens (tertiary/aromatic N) is 2. The first-order valence-corrected chi connectivity index (χ1v) is 11.1. The number of allylic oxidation sites excluding steroid dienone is 1. The maximum atomic E-state index is 11.2. The molecule has 0 atom stereocenters. The highest BCUT2D eigenvalue weighted by Crippen LogP contribution is 2.39. The number of methoxy groups -OCH3 is 1. The maximum absolute atomic E-state index is 11.2. The number of nitrogens with one attached hydrogen (secondary N) is 1. The molecule has 32 heavy (non-hydrogen) atoms. The normalized spacial score (nSPS) is 13.5. The molecule has 1 amide bonds. The van der Waals surface area contributed by atoms with Gasteiger partial charge in [0.1, 0.15) is 0 Å². The lowest BCUT2D eigenvalue weighted by atomic mass is 9.80. The predicted octanol–water partition coefficient (Wildman–Crippen LogP) is 6.20. The number of halogens is 1. The second-order valence-electron chi connectivity index (χ2n) is 7.29. The van der Waals surface area contributed by atoms with Crippen molar-refractivity contribution in [2.45, 2.75) is 33.2 Å². The Balaban J connectivity index is 0.000000671. The monoisotopic (exact) mass is 453 g/mol. The molecule has 170 valence electrons. The van der Waals surface area contributed by atoms with Crippen molar-refractivity contribution in [3.8, 4) is 5.88 Å². The summed E-state index contributed by atoms with van der Waals surface area (Å²) in [6, 6.07) is 14.0. The Bertz CT molecular complexity index is 1060. The molecule has 1 aliphatic rings. The van der Waals surface area contributed by atoms with Crippen molar-refractivity contribution >= 4 is 34.5 Å². The van der Waals surface area contributed by atoms with Gasteiger partial charge >= 0.3 is 0 Å². The molecule has 6 heteroatoms. The van der Waals surface area contributed by atoms with Gasteiger partial charge in [-0.3, -0.25) is 4.79 Å². The van der Waals surface area contributed by atoms with Crippen LogP contribution in [-0.2, 0) is 10.3 Å². The van der Waals surface area contributed by atoms with Crippen molar-refractivity contribution in [2.75, 3.05) is 25.5 Å². The zero-order valence-electron chi connectivity index (χ0n) is 19.5. The molecule has 0 bridgehead atoms. The SMILES string of the molecule is C=CC.CC.COc1nccc2ccc(NC3(c4cccc(Cl)c4C)CN(C=O)C3)cc12. The van der Waals surface area contributed by atoms with Crippen molar-refractivity contribution in [1.29, 1.82) is 0 Å². The van der Waals surface area contributed by atoms with E-state index in [2.05, 4.69) is 22.9 Å². The zero-order chi connectivity index (χ0) is 23.7. The third-order valence-corrected chi connectivity index (χ3v) is 5.59. The van der Waals surface area contributed by atoms with E-state index < -0.39 is 0 Å². The van der Waals surface area contributed by atoms with Gasteiger partial charge in [0.05, 0.1) is 12.6 Å². The van der Waals surface area contributed by atoms with Crippen LogP contribution in [0.2, 0.25) is 5.02 Å². The largest absolute Gasteiger partial charge is 0.481 e. The molecule has 0 aliphatic carbocycles. The van der Waals surface area contributed by atoms with Crippen LogP contribution in [0.5, 0.6) is 5.88 Å². The molecule has 1 N–H and O–H groups in total. The predicted molar refractivity (Wildman–Crippen MR) is 135 cm³/mol. The van der Waals surface area contributed by atoms with Gasteiger partial charge in [-0.15, -0.1) is 6.58 Å². The third-order valence-electron chi connectivity index (χ3n) is 5.18. The summed E-state index contributed by atoms with van der Waals surface area (Å²) >= 11 is 6.36. The standard InChI is InChI=1S/C21H20ClN3O2.C3H6.C2H6/c1-14-18(4-3-5-19(14)22)21(11-25(12-21)13-26)24-16-7-6-15-8-9-23-20(27-2)17(15)10-16;1-3-2;1-2/h3-10,13,24H,11-12H2,1-2H3;3H,1H2,2H3;1-2H3. The first kappa shape index (κ1) is 25.2. The Morgan fingerprint density at radius 2 is 1.91 bits per heavy atom. The molecule has 3 aromatic rings. The van der Waals surface area contributed by atoms with Crippen LogP contribution in [0.25, 0.3) is 10.8 Å². The number of aromatic nitrogens is 1. The van der Waals surface area contributed by atoms with Gasteiger partial charge in [0.15, 0.2) is 0 Å². The van der Waals surface area contributed by atoms with Crippen molar-refractivity contribution in [3.63, 3.8) is 0 Å². The van der Waals surface area contributed by atoms with E-state index in [9.17, 15) is 4.79 Å². The molecular formula is C26H32ClN3O2. The summed E-state index contributed by atoms with van der Waals surface area (Å²) in [5.41, 5.74) is 2.70. The van der Waals surface area contributed by atoms with Crippen molar-refractivity contribution in [1.82, 2.24) is 9.88 Å². The number of hydrogen-bond donors (Lipinski definition) is 1. The summed E-state index contributed by atoms with van der Waals surface area (Å²) in [7, 11) is 1.62. The number of fused-ring (bicyclic) bond motifs is 1. The summed E-state index contributed by atoms with van der Waals surface area (Å²) in [5, 5.41) is 6.36. The van der Waals surface area contributed by atoms with Crippen molar-refractivity contribution in [2.24, 2.45) is 0 Å². The quantitative estimate of drug-likeness (QED) is 0.369. The summed E-state index contributed by atoms with van der Waals surface area (Å²) in [6.45, 7) is 12.4. The van der Waals surface area contributed by atoms with Gasteiger partial charge in [-0.25, -0.2) is 4.98 Å². The molecule has 0 spiro atoms. The highest BCUT2D eigenvalue weighted by atomic mass is 35.5. The second kappa shape index (κ2) is 11.5. The third kappa shape index (κ3) is 5.22. The van der Waals surface area contributed by atoms with Gasteiger partial charge in [-0.1, -0.05) is 49.7 Å². The number of likely N-dealkylation sites (tertiary alicyclic amines) is 1. The Labute approximate surface area is 196 Å². The van der Waals surface area contributed by atoms with Gasteiger partial charge in [0, 0.05) is 35.4 Å². The van der Waals surface area contributed by atoms with Crippen LogP contribution in [0.4, 0.5) is 5.69 Å². The molecule has 0 radical (unpaired) electrons. The van der Waals surface area contributed by atoms with Gasteiger partial charge in [0.2, 0.25) is 12.3 Å². The van der Waals surface area contributed by atoms with E-state index in [1.165, 1.54) is 0 Å². The molecule has 1 saturated heterocycles. The maximum Gasteiger partial charge on any atom is 0.221 e. The van der Waals surface area contributed by atoms with Crippen molar-refractivity contribution in [3.05, 3.63) is 77.5 Å². The van der Waals surface area contributed by atoms with Gasteiger partial charge in [-0.05, 0) is 54.6 Å². The number of carbonyl (C=O) groups is 1. The van der Waals surface area contributed by atoms with Gasteiger partial charge in [0.25, 0.3) is 0 Å². The summed E-state index contributed by atoms with van der Waals surface area (Å²) in [4.78, 5) is 17.2. The summed E-state index contributed by atoms with van der Waals surface area (Å²) in [6.07, 6.45) is 4.37. The number of amides is 1. The number of anilines is 1. The molecule has 0 unspecified atom stereocenters. The van der Waals surface area contributed by atoms with Crippen LogP contribution in [-0.4, -0.2) is 36.5 Å². The lowest BCUT2D eigenvalue weighted by Crippen LogP contribution is -2.63. The molecule has 1 aliphatic heterocycles. The minimum Gasteiger partial charge on any atom is -0.481 e. The second-order valence-corrected chi connectivity index (χ2v) is 7.70. The minimum absolute atomic E-state index is 0.376. The molecule has 0 saturated carbocycles. The van der Waals surface area contributed by atoms with Gasteiger partial charge < -0.3 is 15.0 Å². The fourth-order valence-corrected chi connectivity index (χ4v) is 4.00. The number of ether oxygens (including phenoxy) is 1. The number of benzene rings is 2. The van der Waals surface area contributed by atoms with Crippen LogP contribution in [0.15, 0.2) is 61.3 Å². The van der Waals surface area contributed by atoms with E-state index in [1.54, 1.807) is 24.3 Å². The number of carbonyl (C=O) groups excluding carboxylic acids is 1. The van der Waals surface area contributed by atoms with E-state index in [4.69, 9.17) is 16.3 Å². The van der Waals surface area contributed by atoms with Crippen LogP contribution in [0.1, 0.15) is 31.9 Å². The average molecular weight is 454 g/mol. The number of pyridine rings is 1. The Morgan fingerprint density at radius 1 is 1.22 bits per heavy atom. The van der Waals surface area contributed by atoms with E-state index in [0.717, 1.165) is 39.0 Å². The summed E-state index contributed by atoms with van der Waals surface area (Å²) in [5.74, 6) is 0.590. The molecule has 1 fully saturated rings. The lowest BCUT2D eigenvalue weighted by molar-refractivity contribution is -0.124. The molecule has 5 nitrogen and oxygen atoms in total. The molecule has 1 aromatic heterocycles. The van der Waals surface area contributed by atoms with Crippen LogP contribution in [0, 0.1) is 6.92 Å². The van der Waals surface area contributed by atoms with Crippen LogP contribution in [0.3, 0.4) is 0 Å². The molecular weight excluding hydrogens is 422 g/mol. The van der Waals surface area contributed by atoms with Crippen molar-refractivity contribution < 1.29 is 9.53 Å². The fraction of sp³-hybridized carbons (Fsp3) is 0.308. The van der Waals surface area contributed by atoms with E-state index in [-0.39, 0.29) is 5.54 Å². The van der Waals surface area contributed by atoms with E-state index in [1.807, 2.05) is 64.1 Å². The highest BCUT2D eigenvalue weighted by molar-refractivity contribution is 6.31. The first-order valence-electron chi connectivity index (χ1n) is 10.7. The Hall–Kier alpha value is -3.05. The molecule has 2 heterocycles. The zero-order valence-corrected chi connectivity index (χ0v) is 20.2. The smallest absolute Gasteiger partial charge is 0.221 e. The number of rotatable bonds is 5. The van der Waals surface area contributed by atoms with E-state index >= 15 is 0 Å². The topological polar surface area (TPSA) is 54.5 Å². The molecule has 4 rings (SSSR count).